The largest absolute Gasteiger partial charge is 0.479 e. The monoisotopic (exact) mass is 354 g/mol. The maximum atomic E-state index is 12.5. The molecule has 1 aromatic carbocycles. The van der Waals surface area contributed by atoms with E-state index in [-0.39, 0.29) is 12.2 Å². The third-order valence-corrected chi connectivity index (χ3v) is 3.13. The Labute approximate surface area is 140 Å². The number of hydrogen-bond acceptors (Lipinski definition) is 4. The van der Waals surface area contributed by atoms with E-state index in [2.05, 4.69) is 10.3 Å². The highest BCUT2D eigenvalue weighted by atomic mass is 19.4. The van der Waals surface area contributed by atoms with Gasteiger partial charge in [0.1, 0.15) is 12.3 Å². The SMILES string of the molecule is O=C(NC(C(=O)O)c1ccc(C(F)(F)F)nc1)OCc1ccccc1. The number of aromatic nitrogens is 1. The quantitative estimate of drug-likeness (QED) is 0.861. The summed E-state index contributed by atoms with van der Waals surface area (Å²) in [4.78, 5) is 26.2. The molecule has 0 radical (unpaired) electrons. The number of halogens is 3. The molecule has 0 fully saturated rings. The first-order valence-corrected chi connectivity index (χ1v) is 7.00. The van der Waals surface area contributed by atoms with Gasteiger partial charge in [-0.25, -0.2) is 9.59 Å². The standard InChI is InChI=1S/C16H13F3N2O4/c17-16(18,19)12-7-6-11(8-20-12)13(14(22)23)21-15(24)25-9-10-4-2-1-3-5-10/h1-8,13H,9H2,(H,21,24)(H,22,23). The van der Waals surface area contributed by atoms with Gasteiger partial charge in [-0.15, -0.1) is 0 Å². The maximum Gasteiger partial charge on any atom is 0.433 e. The number of amides is 1. The van der Waals surface area contributed by atoms with Gasteiger partial charge in [0.05, 0.1) is 0 Å². The lowest BCUT2D eigenvalue weighted by molar-refractivity contribution is -0.141. The fourth-order valence-electron chi connectivity index (χ4n) is 1.91. The van der Waals surface area contributed by atoms with Gasteiger partial charge in [0.2, 0.25) is 0 Å². The average molecular weight is 354 g/mol. The number of alkyl halides is 3. The van der Waals surface area contributed by atoms with Crippen LogP contribution in [-0.4, -0.2) is 22.2 Å². The number of carbonyl (C=O) groups is 2. The third-order valence-electron chi connectivity index (χ3n) is 3.13. The van der Waals surface area contributed by atoms with Gasteiger partial charge in [-0.3, -0.25) is 4.98 Å². The van der Waals surface area contributed by atoms with E-state index in [1.54, 1.807) is 30.3 Å². The van der Waals surface area contributed by atoms with Crippen molar-refractivity contribution in [2.75, 3.05) is 0 Å². The molecule has 132 valence electrons. The minimum atomic E-state index is -4.64. The van der Waals surface area contributed by atoms with E-state index in [0.717, 1.165) is 12.3 Å². The van der Waals surface area contributed by atoms with Crippen molar-refractivity contribution in [2.24, 2.45) is 0 Å². The van der Waals surface area contributed by atoms with Crippen LogP contribution in [0, 0.1) is 0 Å². The molecule has 1 atom stereocenters. The van der Waals surface area contributed by atoms with Crippen LogP contribution in [0.25, 0.3) is 0 Å². The molecule has 0 saturated heterocycles. The van der Waals surface area contributed by atoms with Crippen molar-refractivity contribution in [1.82, 2.24) is 10.3 Å². The van der Waals surface area contributed by atoms with Crippen LogP contribution in [0.15, 0.2) is 48.7 Å². The van der Waals surface area contributed by atoms with Crippen molar-refractivity contribution in [3.8, 4) is 0 Å². The normalized spacial score (nSPS) is 12.3. The van der Waals surface area contributed by atoms with Crippen molar-refractivity contribution < 1.29 is 32.6 Å². The fraction of sp³-hybridized carbons (Fsp3) is 0.188. The number of carboxylic acids is 1. The third kappa shape index (κ3) is 5.20. The Morgan fingerprint density at radius 3 is 2.36 bits per heavy atom. The van der Waals surface area contributed by atoms with E-state index >= 15 is 0 Å². The maximum absolute atomic E-state index is 12.5. The molecule has 1 heterocycles. The highest BCUT2D eigenvalue weighted by Gasteiger charge is 2.33. The van der Waals surface area contributed by atoms with E-state index in [0.29, 0.717) is 11.6 Å². The lowest BCUT2D eigenvalue weighted by Gasteiger charge is -2.15. The molecule has 1 aromatic heterocycles. The summed E-state index contributed by atoms with van der Waals surface area (Å²) in [5, 5.41) is 11.2. The molecule has 9 heteroatoms. The lowest BCUT2D eigenvalue weighted by Crippen LogP contribution is -2.34. The van der Waals surface area contributed by atoms with E-state index in [1.807, 2.05) is 0 Å². The number of aliphatic carboxylic acids is 1. The van der Waals surface area contributed by atoms with E-state index in [1.165, 1.54) is 0 Å². The molecule has 0 aliphatic carbocycles. The zero-order chi connectivity index (χ0) is 18.4. The van der Waals surface area contributed by atoms with Gasteiger partial charge in [0, 0.05) is 11.8 Å². The average Bonchev–Trinajstić information content (AvgIpc) is 2.58. The van der Waals surface area contributed by atoms with Crippen LogP contribution in [0.3, 0.4) is 0 Å². The molecule has 0 bridgehead atoms. The van der Waals surface area contributed by atoms with Crippen molar-refractivity contribution >= 4 is 12.1 Å². The van der Waals surface area contributed by atoms with Gasteiger partial charge in [-0.05, 0) is 11.6 Å². The number of benzene rings is 1. The highest BCUT2D eigenvalue weighted by Crippen LogP contribution is 2.28. The molecule has 25 heavy (non-hydrogen) atoms. The number of hydrogen-bond donors (Lipinski definition) is 2. The molecular formula is C16H13F3N2O4. The highest BCUT2D eigenvalue weighted by molar-refractivity contribution is 5.81. The molecule has 6 nitrogen and oxygen atoms in total. The number of nitrogens with one attached hydrogen (secondary N) is 1. The summed E-state index contributed by atoms with van der Waals surface area (Å²) in [6, 6.07) is 8.67. The zero-order valence-corrected chi connectivity index (χ0v) is 12.7. The second-order valence-electron chi connectivity index (χ2n) is 4.95. The van der Waals surface area contributed by atoms with Crippen LogP contribution in [0.5, 0.6) is 0 Å². The first-order valence-electron chi connectivity index (χ1n) is 7.00. The Hall–Kier alpha value is -3.10. The molecule has 0 aliphatic rings. The second-order valence-corrected chi connectivity index (χ2v) is 4.95. The molecule has 1 unspecified atom stereocenters. The molecule has 1 amide bonds. The second kappa shape index (κ2) is 7.65. The van der Waals surface area contributed by atoms with E-state index in [4.69, 9.17) is 9.84 Å². The predicted octanol–water partition coefficient (Wildman–Crippen LogP) is 3.15. The Bertz CT molecular complexity index is 733. The Morgan fingerprint density at radius 1 is 1.16 bits per heavy atom. The number of nitrogens with zero attached hydrogens (tertiary/aromatic N) is 1. The molecule has 0 saturated carbocycles. The number of carbonyl (C=O) groups excluding carboxylic acids is 1. The van der Waals surface area contributed by atoms with Gasteiger partial charge in [0.25, 0.3) is 0 Å². The number of rotatable bonds is 5. The Morgan fingerprint density at radius 2 is 1.84 bits per heavy atom. The molecule has 2 aromatic rings. The van der Waals surface area contributed by atoms with Crippen LogP contribution < -0.4 is 5.32 Å². The number of carboxylic acid groups (broad SMARTS) is 1. The molecule has 0 aliphatic heterocycles. The van der Waals surface area contributed by atoms with Gasteiger partial charge in [-0.2, -0.15) is 13.2 Å². The topological polar surface area (TPSA) is 88.5 Å². The fourth-order valence-corrected chi connectivity index (χ4v) is 1.91. The first kappa shape index (κ1) is 18.2. The molecular weight excluding hydrogens is 341 g/mol. The summed E-state index contributed by atoms with van der Waals surface area (Å²) in [6.07, 6.45) is -4.91. The Kier molecular flexibility index (Phi) is 5.58. The zero-order valence-electron chi connectivity index (χ0n) is 12.7. The molecule has 0 spiro atoms. The van der Waals surface area contributed by atoms with Crippen molar-refractivity contribution in [1.29, 1.82) is 0 Å². The smallest absolute Gasteiger partial charge is 0.433 e. The minimum Gasteiger partial charge on any atom is -0.479 e. The van der Waals surface area contributed by atoms with Gasteiger partial charge < -0.3 is 15.2 Å². The van der Waals surface area contributed by atoms with Crippen LogP contribution in [-0.2, 0) is 22.3 Å². The van der Waals surface area contributed by atoms with E-state index < -0.39 is 30.0 Å². The predicted molar refractivity (Wildman–Crippen MR) is 79.4 cm³/mol. The molecule has 2 rings (SSSR count). The first-order chi connectivity index (χ1) is 11.8. The van der Waals surface area contributed by atoms with Crippen LogP contribution in [0.1, 0.15) is 22.9 Å². The van der Waals surface area contributed by atoms with Gasteiger partial charge >= 0.3 is 18.2 Å². The number of alkyl carbamates (subject to hydrolysis) is 1. The van der Waals surface area contributed by atoms with Crippen LogP contribution >= 0.6 is 0 Å². The van der Waals surface area contributed by atoms with Crippen molar-refractivity contribution in [2.45, 2.75) is 18.8 Å². The van der Waals surface area contributed by atoms with Crippen molar-refractivity contribution in [3.63, 3.8) is 0 Å². The summed E-state index contributed by atoms with van der Waals surface area (Å²) in [5.74, 6) is -1.46. The summed E-state index contributed by atoms with van der Waals surface area (Å²) < 4.78 is 42.3. The lowest BCUT2D eigenvalue weighted by atomic mass is 10.1. The van der Waals surface area contributed by atoms with Crippen LogP contribution in [0.4, 0.5) is 18.0 Å². The van der Waals surface area contributed by atoms with E-state index in [9.17, 15) is 22.8 Å². The van der Waals surface area contributed by atoms with Gasteiger partial charge in [-0.1, -0.05) is 36.4 Å². The van der Waals surface area contributed by atoms with Crippen molar-refractivity contribution in [3.05, 3.63) is 65.5 Å². The van der Waals surface area contributed by atoms with Gasteiger partial charge in [0.15, 0.2) is 6.04 Å². The number of ether oxygens (including phenoxy) is 1. The molecule has 2 N–H and O–H groups in total. The summed E-state index contributed by atoms with van der Waals surface area (Å²) >= 11 is 0. The number of pyridine rings is 1. The summed E-state index contributed by atoms with van der Waals surface area (Å²) in [5.41, 5.74) is -0.579. The van der Waals surface area contributed by atoms with Crippen LogP contribution in [0.2, 0.25) is 0 Å². The summed E-state index contributed by atoms with van der Waals surface area (Å²) in [7, 11) is 0. The summed E-state index contributed by atoms with van der Waals surface area (Å²) in [6.45, 7) is -0.0791. The minimum absolute atomic E-state index is 0.0791. The Balaban J connectivity index is 2.03.